The van der Waals surface area contributed by atoms with Crippen molar-refractivity contribution in [2.24, 2.45) is 5.92 Å². The molecule has 5 heteroatoms. The Morgan fingerprint density at radius 1 is 1.58 bits per heavy atom. The van der Waals surface area contributed by atoms with E-state index in [4.69, 9.17) is 0 Å². The Labute approximate surface area is 71.9 Å². The number of hydrogen-bond donors (Lipinski definition) is 1. The molecular formula is C7H11NO3S. The highest BCUT2D eigenvalue weighted by Gasteiger charge is 2.28. The number of nitrogens with one attached hydrogen (secondary N) is 1. The molecule has 0 amide bonds. The zero-order valence-electron chi connectivity index (χ0n) is 6.62. The smallest absolute Gasteiger partial charge is 0.265 e. The van der Waals surface area contributed by atoms with E-state index in [1.807, 2.05) is 6.08 Å². The average molecular weight is 189 g/mol. The van der Waals surface area contributed by atoms with Crippen molar-refractivity contribution in [3.05, 3.63) is 11.8 Å². The van der Waals surface area contributed by atoms with E-state index >= 15 is 0 Å². The third kappa shape index (κ3) is 1.47. The lowest BCUT2D eigenvalue weighted by Crippen LogP contribution is -2.38. The third-order valence-corrected chi connectivity index (χ3v) is 3.16. The fraction of sp³-hybridized carbons (Fsp3) is 0.714. The fourth-order valence-electron chi connectivity index (χ4n) is 1.59. The van der Waals surface area contributed by atoms with E-state index in [9.17, 15) is 8.42 Å². The van der Waals surface area contributed by atoms with E-state index in [0.717, 1.165) is 25.0 Å². The molecular weight excluding hydrogens is 178 g/mol. The van der Waals surface area contributed by atoms with Crippen LogP contribution in [0.5, 0.6) is 0 Å². The molecule has 1 saturated heterocycles. The number of allylic oxidation sites excluding steroid dienone is 1. The van der Waals surface area contributed by atoms with Crippen molar-refractivity contribution >= 4 is 10.3 Å². The topological polar surface area (TPSA) is 55.4 Å². The predicted octanol–water partition coefficient (Wildman–Crippen LogP) is 0.535. The monoisotopic (exact) mass is 189 g/mol. The second-order valence-corrected chi connectivity index (χ2v) is 4.48. The van der Waals surface area contributed by atoms with Gasteiger partial charge >= 0.3 is 10.3 Å². The van der Waals surface area contributed by atoms with Gasteiger partial charge in [0.05, 0.1) is 6.61 Å². The molecule has 0 saturated carbocycles. The first-order valence-corrected chi connectivity index (χ1v) is 5.45. The summed E-state index contributed by atoms with van der Waals surface area (Å²) in [6.07, 6.45) is 5.07. The predicted molar refractivity (Wildman–Crippen MR) is 43.4 cm³/mol. The van der Waals surface area contributed by atoms with Crippen molar-refractivity contribution in [1.82, 2.24) is 4.72 Å². The molecule has 1 N–H and O–H groups in total. The summed E-state index contributed by atoms with van der Waals surface area (Å²) in [6, 6.07) is 0. The highest BCUT2D eigenvalue weighted by Crippen LogP contribution is 2.27. The van der Waals surface area contributed by atoms with Gasteiger partial charge in [-0.25, -0.2) is 0 Å². The highest BCUT2D eigenvalue weighted by molar-refractivity contribution is 7.84. The van der Waals surface area contributed by atoms with Gasteiger partial charge in [0.2, 0.25) is 0 Å². The van der Waals surface area contributed by atoms with Crippen LogP contribution in [-0.2, 0) is 14.5 Å². The molecule has 2 rings (SSSR count). The van der Waals surface area contributed by atoms with E-state index in [0.29, 0.717) is 6.61 Å². The Hall–Kier alpha value is -0.550. The molecule has 0 aromatic carbocycles. The van der Waals surface area contributed by atoms with Gasteiger partial charge in [-0.1, -0.05) is 6.08 Å². The molecule has 1 heterocycles. The standard InChI is InChI=1S/C7H11NO3S/c9-12(10)8-7-4-2-1-3-6(7)5-11-12/h4,6,8H,1-3,5H2. The van der Waals surface area contributed by atoms with Crippen LogP contribution >= 0.6 is 0 Å². The second-order valence-electron chi connectivity index (χ2n) is 3.13. The largest absolute Gasteiger partial charge is 0.359 e. The summed E-state index contributed by atoms with van der Waals surface area (Å²) in [4.78, 5) is 0. The molecule has 0 radical (unpaired) electrons. The van der Waals surface area contributed by atoms with Crippen LogP contribution in [0.4, 0.5) is 0 Å². The van der Waals surface area contributed by atoms with Gasteiger partial charge < -0.3 is 0 Å². The van der Waals surface area contributed by atoms with E-state index in [1.165, 1.54) is 0 Å². The van der Waals surface area contributed by atoms with Gasteiger partial charge in [0.15, 0.2) is 0 Å². The second kappa shape index (κ2) is 2.74. The molecule has 0 aromatic rings. The minimum atomic E-state index is -3.47. The van der Waals surface area contributed by atoms with Gasteiger partial charge in [0.25, 0.3) is 0 Å². The summed E-state index contributed by atoms with van der Waals surface area (Å²) in [7, 11) is -3.47. The van der Waals surface area contributed by atoms with Crippen LogP contribution in [0.1, 0.15) is 19.3 Å². The molecule has 1 unspecified atom stereocenters. The lowest BCUT2D eigenvalue weighted by atomic mass is 9.93. The van der Waals surface area contributed by atoms with Gasteiger partial charge in [-0.05, 0) is 19.3 Å². The molecule has 0 spiro atoms. The van der Waals surface area contributed by atoms with Crippen molar-refractivity contribution in [2.75, 3.05) is 6.61 Å². The molecule has 2 aliphatic rings. The number of rotatable bonds is 0. The molecule has 1 atom stereocenters. The Morgan fingerprint density at radius 3 is 3.25 bits per heavy atom. The van der Waals surface area contributed by atoms with Crippen molar-refractivity contribution < 1.29 is 12.6 Å². The first-order valence-electron chi connectivity index (χ1n) is 4.04. The minimum Gasteiger partial charge on any atom is -0.265 e. The van der Waals surface area contributed by atoms with Crippen LogP contribution in [0.3, 0.4) is 0 Å². The quantitative estimate of drug-likeness (QED) is 0.605. The Morgan fingerprint density at radius 2 is 2.42 bits per heavy atom. The van der Waals surface area contributed by atoms with Crippen LogP contribution < -0.4 is 4.72 Å². The van der Waals surface area contributed by atoms with Crippen molar-refractivity contribution in [2.45, 2.75) is 19.3 Å². The molecule has 12 heavy (non-hydrogen) atoms. The summed E-state index contributed by atoms with van der Waals surface area (Å²) >= 11 is 0. The maximum atomic E-state index is 10.9. The number of hydrogen-bond acceptors (Lipinski definition) is 3. The lowest BCUT2D eigenvalue weighted by molar-refractivity contribution is 0.232. The van der Waals surface area contributed by atoms with Gasteiger partial charge in [-0.15, -0.1) is 0 Å². The normalized spacial score (nSPS) is 33.0. The Bertz CT molecular complexity index is 307. The summed E-state index contributed by atoms with van der Waals surface area (Å²) in [5.74, 6) is 0.266. The van der Waals surface area contributed by atoms with Crippen molar-refractivity contribution in [3.8, 4) is 0 Å². The fourth-order valence-corrected chi connectivity index (χ4v) is 2.53. The molecule has 0 bridgehead atoms. The van der Waals surface area contributed by atoms with E-state index in [2.05, 4.69) is 8.91 Å². The number of fused-ring (bicyclic) bond motifs is 1. The van der Waals surface area contributed by atoms with E-state index in [1.54, 1.807) is 0 Å². The van der Waals surface area contributed by atoms with Gasteiger partial charge in [-0.2, -0.15) is 8.42 Å². The van der Waals surface area contributed by atoms with Crippen molar-refractivity contribution in [1.29, 1.82) is 0 Å². The van der Waals surface area contributed by atoms with Crippen molar-refractivity contribution in [3.63, 3.8) is 0 Å². The first-order chi connectivity index (χ1) is 5.67. The van der Waals surface area contributed by atoms with Crippen LogP contribution in [0, 0.1) is 5.92 Å². The molecule has 1 fully saturated rings. The maximum Gasteiger partial charge on any atom is 0.359 e. The highest BCUT2D eigenvalue weighted by atomic mass is 32.2. The van der Waals surface area contributed by atoms with Gasteiger partial charge in [-0.3, -0.25) is 8.91 Å². The molecule has 1 aliphatic carbocycles. The van der Waals surface area contributed by atoms with Crippen LogP contribution in [0.25, 0.3) is 0 Å². The first kappa shape index (κ1) is 8.07. The zero-order chi connectivity index (χ0) is 8.60. The van der Waals surface area contributed by atoms with Gasteiger partial charge in [0, 0.05) is 11.6 Å². The SMILES string of the molecule is O=S1(=O)NC2=CCCCC2CO1. The molecule has 4 nitrogen and oxygen atoms in total. The average Bonchev–Trinajstić information content (AvgIpc) is 2.02. The minimum absolute atomic E-state index is 0.266. The third-order valence-electron chi connectivity index (χ3n) is 2.23. The molecule has 0 aromatic heterocycles. The Balaban J connectivity index is 2.23. The molecule has 68 valence electrons. The van der Waals surface area contributed by atoms with Crippen LogP contribution in [0.15, 0.2) is 11.8 Å². The van der Waals surface area contributed by atoms with Gasteiger partial charge in [0.1, 0.15) is 0 Å². The van der Waals surface area contributed by atoms with E-state index < -0.39 is 10.3 Å². The van der Waals surface area contributed by atoms with E-state index in [-0.39, 0.29) is 5.92 Å². The van der Waals surface area contributed by atoms with Crippen LogP contribution in [0.2, 0.25) is 0 Å². The summed E-state index contributed by atoms with van der Waals surface area (Å²) in [5, 5.41) is 0. The lowest BCUT2D eigenvalue weighted by Gasteiger charge is -2.28. The summed E-state index contributed by atoms with van der Waals surface area (Å²) in [5.41, 5.74) is 0.826. The maximum absolute atomic E-state index is 10.9. The Kier molecular flexibility index (Phi) is 1.84. The summed E-state index contributed by atoms with van der Waals surface area (Å²) in [6.45, 7) is 0.307. The zero-order valence-corrected chi connectivity index (χ0v) is 7.43. The van der Waals surface area contributed by atoms with Crippen LogP contribution in [-0.4, -0.2) is 15.0 Å². The molecule has 1 aliphatic heterocycles. The summed E-state index contributed by atoms with van der Waals surface area (Å²) < 4.78 is 28.9.